The van der Waals surface area contributed by atoms with E-state index in [9.17, 15) is 22.4 Å². The number of nitriles is 1. The van der Waals surface area contributed by atoms with Gasteiger partial charge in [-0.15, -0.1) is 0 Å². The van der Waals surface area contributed by atoms with Gasteiger partial charge in [0.15, 0.2) is 0 Å². The monoisotopic (exact) mass is 281 g/mol. The van der Waals surface area contributed by atoms with E-state index in [1.54, 1.807) is 18.7 Å². The molecule has 1 rings (SSSR count). The highest BCUT2D eigenvalue weighted by Crippen LogP contribution is 2.26. The van der Waals surface area contributed by atoms with Gasteiger partial charge >= 0.3 is 12.3 Å². The normalized spacial score (nSPS) is 18.5. The Morgan fingerprint density at radius 1 is 1.21 bits per heavy atom. The lowest BCUT2D eigenvalue weighted by molar-refractivity contribution is -0.182. The average molecular weight is 281 g/mol. The second-order valence-corrected chi connectivity index (χ2v) is 4.87. The summed E-state index contributed by atoms with van der Waals surface area (Å²) in [5.74, 6) is -6.50. The first-order valence-corrected chi connectivity index (χ1v) is 5.74. The van der Waals surface area contributed by atoms with Gasteiger partial charge < -0.3 is 4.90 Å². The van der Waals surface area contributed by atoms with Crippen molar-refractivity contribution in [3.63, 3.8) is 0 Å². The molecule has 0 aromatic heterocycles. The van der Waals surface area contributed by atoms with Crippen molar-refractivity contribution in [2.24, 2.45) is 0 Å². The van der Waals surface area contributed by atoms with Gasteiger partial charge in [0.1, 0.15) is 5.54 Å². The summed E-state index contributed by atoms with van der Waals surface area (Å²) >= 11 is 0. The number of hydrogen-bond acceptors (Lipinski definition) is 3. The molecule has 1 amide bonds. The minimum atomic E-state index is -4.65. The van der Waals surface area contributed by atoms with E-state index in [1.807, 2.05) is 0 Å². The molecule has 0 bridgehead atoms. The Hall–Kier alpha value is -1.36. The van der Waals surface area contributed by atoms with Crippen LogP contribution in [-0.2, 0) is 4.79 Å². The molecule has 0 atom stereocenters. The van der Waals surface area contributed by atoms with Gasteiger partial charge in [-0.05, 0) is 13.8 Å². The first-order chi connectivity index (χ1) is 8.63. The van der Waals surface area contributed by atoms with Crippen LogP contribution in [0.4, 0.5) is 17.6 Å². The molecule has 0 N–H and O–H groups in total. The summed E-state index contributed by atoms with van der Waals surface area (Å²) in [5, 5.41) is 8.93. The zero-order valence-electron chi connectivity index (χ0n) is 10.7. The predicted molar refractivity (Wildman–Crippen MR) is 58.8 cm³/mol. The van der Waals surface area contributed by atoms with E-state index in [4.69, 9.17) is 5.26 Å². The minimum Gasteiger partial charge on any atom is -0.335 e. The molecule has 0 spiro atoms. The van der Waals surface area contributed by atoms with Gasteiger partial charge in [0.05, 0.1) is 6.07 Å². The lowest BCUT2D eigenvalue weighted by atomic mass is 10.0. The maximum atomic E-state index is 12.9. The molecule has 0 radical (unpaired) electrons. The van der Waals surface area contributed by atoms with Crippen LogP contribution < -0.4 is 0 Å². The van der Waals surface area contributed by atoms with Gasteiger partial charge in [-0.1, -0.05) is 0 Å². The van der Waals surface area contributed by atoms with Gasteiger partial charge in [0.2, 0.25) is 0 Å². The van der Waals surface area contributed by atoms with Crippen LogP contribution in [0.25, 0.3) is 0 Å². The summed E-state index contributed by atoms with van der Waals surface area (Å²) < 4.78 is 50.0. The molecule has 4 nitrogen and oxygen atoms in total. The number of carbonyl (C=O) groups is 1. The van der Waals surface area contributed by atoms with Crippen molar-refractivity contribution >= 4 is 5.91 Å². The molecule has 0 aromatic carbocycles. The van der Waals surface area contributed by atoms with E-state index in [0.29, 0.717) is 0 Å². The average Bonchev–Trinajstić information content (AvgIpc) is 2.37. The fourth-order valence-corrected chi connectivity index (χ4v) is 1.84. The smallest absolute Gasteiger partial charge is 0.335 e. The number of amides is 1. The van der Waals surface area contributed by atoms with Crippen LogP contribution in [0.1, 0.15) is 13.8 Å². The van der Waals surface area contributed by atoms with Crippen molar-refractivity contribution in [3.05, 3.63) is 0 Å². The van der Waals surface area contributed by atoms with E-state index in [2.05, 4.69) is 6.07 Å². The molecule has 0 saturated carbocycles. The molecule has 19 heavy (non-hydrogen) atoms. The van der Waals surface area contributed by atoms with Crippen molar-refractivity contribution in [2.45, 2.75) is 31.7 Å². The SMILES string of the molecule is CC(C)(C#N)N1CCN(C(=O)C(F)(F)C(F)F)CC1. The van der Waals surface area contributed by atoms with Crippen LogP contribution >= 0.6 is 0 Å². The molecule has 0 aliphatic carbocycles. The maximum Gasteiger partial charge on any atom is 0.383 e. The highest BCUT2D eigenvalue weighted by Gasteiger charge is 2.51. The summed E-state index contributed by atoms with van der Waals surface area (Å²) in [6.45, 7) is 3.55. The number of hydrogen-bond donors (Lipinski definition) is 0. The fourth-order valence-electron chi connectivity index (χ4n) is 1.84. The molecule has 0 aromatic rings. The van der Waals surface area contributed by atoms with Gasteiger partial charge in [0, 0.05) is 26.2 Å². The third kappa shape index (κ3) is 3.15. The zero-order valence-corrected chi connectivity index (χ0v) is 10.7. The van der Waals surface area contributed by atoms with Crippen molar-refractivity contribution in [3.8, 4) is 6.07 Å². The molecule has 1 aliphatic rings. The Morgan fingerprint density at radius 3 is 2.05 bits per heavy atom. The van der Waals surface area contributed by atoms with Crippen molar-refractivity contribution in [1.82, 2.24) is 9.80 Å². The van der Waals surface area contributed by atoms with Crippen molar-refractivity contribution in [1.29, 1.82) is 5.26 Å². The Kier molecular flexibility index (Phi) is 4.40. The number of halogens is 4. The zero-order chi connectivity index (χ0) is 14.8. The van der Waals surface area contributed by atoms with Crippen LogP contribution in [0.5, 0.6) is 0 Å². The first kappa shape index (κ1) is 15.7. The Balaban J connectivity index is 2.65. The van der Waals surface area contributed by atoms with Crippen LogP contribution in [0.2, 0.25) is 0 Å². The number of carbonyl (C=O) groups excluding carboxylic acids is 1. The van der Waals surface area contributed by atoms with Crippen LogP contribution in [0.15, 0.2) is 0 Å². The largest absolute Gasteiger partial charge is 0.383 e. The van der Waals surface area contributed by atoms with E-state index in [-0.39, 0.29) is 26.2 Å². The van der Waals surface area contributed by atoms with Crippen molar-refractivity contribution in [2.75, 3.05) is 26.2 Å². The highest BCUT2D eigenvalue weighted by molar-refractivity contribution is 5.84. The van der Waals surface area contributed by atoms with Gasteiger partial charge in [-0.2, -0.15) is 14.0 Å². The van der Waals surface area contributed by atoms with Crippen LogP contribution in [-0.4, -0.2) is 59.8 Å². The molecule has 0 unspecified atom stereocenters. The number of nitrogens with zero attached hydrogens (tertiary/aromatic N) is 3. The lowest BCUT2D eigenvalue weighted by Crippen LogP contribution is -2.58. The molecule has 1 fully saturated rings. The summed E-state index contributed by atoms with van der Waals surface area (Å²) in [7, 11) is 0. The van der Waals surface area contributed by atoms with E-state index >= 15 is 0 Å². The summed E-state index contributed by atoms with van der Waals surface area (Å²) in [5.41, 5.74) is -0.777. The van der Waals surface area contributed by atoms with E-state index in [0.717, 1.165) is 4.90 Å². The Morgan fingerprint density at radius 2 is 1.68 bits per heavy atom. The molecular formula is C11H15F4N3O. The summed E-state index contributed by atoms with van der Waals surface area (Å²) in [6, 6.07) is 2.06. The standard InChI is InChI=1S/C11H15F4N3O/c1-10(2,7-16)18-5-3-17(4-6-18)9(19)11(14,15)8(12)13/h8H,3-6H2,1-2H3. The quantitative estimate of drug-likeness (QED) is 0.733. The van der Waals surface area contributed by atoms with E-state index < -0.39 is 23.8 Å². The molecule has 8 heteroatoms. The number of piperazine rings is 1. The molecule has 1 aliphatic heterocycles. The maximum absolute atomic E-state index is 12.9. The molecule has 108 valence electrons. The third-order valence-corrected chi connectivity index (χ3v) is 3.19. The van der Waals surface area contributed by atoms with Gasteiger partial charge in [-0.25, -0.2) is 8.78 Å². The minimum absolute atomic E-state index is 0.0910. The summed E-state index contributed by atoms with van der Waals surface area (Å²) in [4.78, 5) is 13.7. The van der Waals surface area contributed by atoms with Crippen LogP contribution in [0, 0.1) is 11.3 Å². The van der Waals surface area contributed by atoms with Gasteiger partial charge in [0.25, 0.3) is 5.91 Å². The van der Waals surface area contributed by atoms with Crippen LogP contribution in [0.3, 0.4) is 0 Å². The molecule has 1 saturated heterocycles. The Labute approximate surface area is 108 Å². The predicted octanol–water partition coefficient (Wildman–Crippen LogP) is 1.33. The number of rotatable bonds is 3. The van der Waals surface area contributed by atoms with Crippen molar-refractivity contribution < 1.29 is 22.4 Å². The molecule has 1 heterocycles. The third-order valence-electron chi connectivity index (χ3n) is 3.19. The lowest BCUT2D eigenvalue weighted by Gasteiger charge is -2.41. The van der Waals surface area contributed by atoms with Gasteiger partial charge in [-0.3, -0.25) is 9.69 Å². The summed E-state index contributed by atoms with van der Waals surface area (Å²) in [6.07, 6.45) is -4.01. The second kappa shape index (κ2) is 5.33. The highest BCUT2D eigenvalue weighted by atomic mass is 19.3. The fraction of sp³-hybridized carbons (Fsp3) is 0.818. The van der Waals surface area contributed by atoms with E-state index in [1.165, 1.54) is 0 Å². The Bertz CT molecular complexity index is 384. The number of alkyl halides is 4. The first-order valence-electron chi connectivity index (χ1n) is 5.74. The second-order valence-electron chi connectivity index (χ2n) is 4.87. The molecular weight excluding hydrogens is 266 g/mol. The topological polar surface area (TPSA) is 47.3 Å².